The zero-order valence-electron chi connectivity index (χ0n) is 10.8. The standard InChI is InChI=1S/C15H12Cl2FNOS/c16-11-7-10(8-12(17)14(11)18)19-15(20)13(21)6-9-4-2-1-3-5-9/h1-5,7-8,13,21H,6H2,(H,19,20). The lowest BCUT2D eigenvalue weighted by molar-refractivity contribution is -0.115. The molecule has 1 amide bonds. The van der Waals surface area contributed by atoms with Crippen LogP contribution in [-0.2, 0) is 11.2 Å². The fraction of sp³-hybridized carbons (Fsp3) is 0.133. The summed E-state index contributed by atoms with van der Waals surface area (Å²) in [4.78, 5) is 12.1. The van der Waals surface area contributed by atoms with Crippen LogP contribution in [0, 0.1) is 5.82 Å². The van der Waals surface area contributed by atoms with Gasteiger partial charge in [-0.15, -0.1) is 0 Å². The molecule has 6 heteroatoms. The van der Waals surface area contributed by atoms with Gasteiger partial charge in [0.1, 0.15) is 0 Å². The normalized spacial score (nSPS) is 12.0. The van der Waals surface area contributed by atoms with Crippen molar-refractivity contribution in [1.29, 1.82) is 0 Å². The minimum atomic E-state index is -0.706. The highest BCUT2D eigenvalue weighted by Crippen LogP contribution is 2.27. The molecule has 21 heavy (non-hydrogen) atoms. The maximum Gasteiger partial charge on any atom is 0.237 e. The average molecular weight is 344 g/mol. The predicted octanol–water partition coefficient (Wildman–Crippen LogP) is 4.61. The monoisotopic (exact) mass is 343 g/mol. The molecule has 0 saturated heterocycles. The molecule has 2 nitrogen and oxygen atoms in total. The summed E-state index contributed by atoms with van der Waals surface area (Å²) in [5, 5.41) is 1.80. The second kappa shape index (κ2) is 7.16. The van der Waals surface area contributed by atoms with Gasteiger partial charge in [-0.05, 0) is 24.1 Å². The SMILES string of the molecule is O=C(Nc1cc(Cl)c(F)c(Cl)c1)C(S)Cc1ccccc1. The highest BCUT2D eigenvalue weighted by atomic mass is 35.5. The molecule has 0 fully saturated rings. The number of carbonyl (C=O) groups excluding carboxylic acids is 1. The smallest absolute Gasteiger partial charge is 0.237 e. The van der Waals surface area contributed by atoms with E-state index in [0.29, 0.717) is 12.1 Å². The van der Waals surface area contributed by atoms with Crippen LogP contribution in [-0.4, -0.2) is 11.2 Å². The van der Waals surface area contributed by atoms with Crippen molar-refractivity contribution in [2.24, 2.45) is 0 Å². The first-order valence-electron chi connectivity index (χ1n) is 6.15. The Morgan fingerprint density at radius 1 is 1.19 bits per heavy atom. The van der Waals surface area contributed by atoms with Crippen molar-refractivity contribution in [2.45, 2.75) is 11.7 Å². The summed E-state index contributed by atoms with van der Waals surface area (Å²) in [7, 11) is 0. The lowest BCUT2D eigenvalue weighted by atomic mass is 10.1. The molecule has 0 spiro atoms. The van der Waals surface area contributed by atoms with Crippen molar-refractivity contribution in [3.63, 3.8) is 0 Å². The van der Waals surface area contributed by atoms with Gasteiger partial charge in [-0.1, -0.05) is 53.5 Å². The number of carbonyl (C=O) groups is 1. The molecule has 0 bridgehead atoms. The van der Waals surface area contributed by atoms with Gasteiger partial charge in [-0.25, -0.2) is 4.39 Å². The van der Waals surface area contributed by atoms with E-state index < -0.39 is 11.1 Å². The molecule has 2 aromatic carbocycles. The first-order valence-corrected chi connectivity index (χ1v) is 7.42. The lowest BCUT2D eigenvalue weighted by Gasteiger charge is -2.12. The van der Waals surface area contributed by atoms with Gasteiger partial charge in [0.2, 0.25) is 5.91 Å². The van der Waals surface area contributed by atoms with Crippen LogP contribution in [0.5, 0.6) is 0 Å². The molecule has 0 aromatic heterocycles. The number of thiol groups is 1. The molecule has 110 valence electrons. The van der Waals surface area contributed by atoms with Crippen LogP contribution in [0.1, 0.15) is 5.56 Å². The first kappa shape index (κ1) is 16.1. The average Bonchev–Trinajstić information content (AvgIpc) is 2.45. The van der Waals surface area contributed by atoms with Gasteiger partial charge in [0.25, 0.3) is 0 Å². The second-order valence-corrected chi connectivity index (χ2v) is 5.89. The summed E-state index contributed by atoms with van der Waals surface area (Å²) in [5.74, 6) is -1.01. The molecular weight excluding hydrogens is 332 g/mol. The highest BCUT2D eigenvalue weighted by Gasteiger charge is 2.16. The maximum absolute atomic E-state index is 13.3. The number of nitrogens with one attached hydrogen (secondary N) is 1. The molecule has 0 aliphatic carbocycles. The van der Waals surface area contributed by atoms with Crippen molar-refractivity contribution >= 4 is 47.4 Å². The number of benzene rings is 2. The second-order valence-electron chi connectivity index (χ2n) is 4.45. The van der Waals surface area contributed by atoms with Gasteiger partial charge in [0, 0.05) is 5.69 Å². The van der Waals surface area contributed by atoms with Crippen LogP contribution in [0.15, 0.2) is 42.5 Å². The molecule has 1 unspecified atom stereocenters. The third kappa shape index (κ3) is 4.37. The van der Waals surface area contributed by atoms with Crippen molar-refractivity contribution < 1.29 is 9.18 Å². The van der Waals surface area contributed by atoms with Gasteiger partial charge < -0.3 is 5.32 Å². The Hall–Kier alpha value is -1.23. The number of halogens is 3. The summed E-state index contributed by atoms with van der Waals surface area (Å²) in [6.07, 6.45) is 0.485. The largest absolute Gasteiger partial charge is 0.325 e. The van der Waals surface area contributed by atoms with E-state index in [0.717, 1.165) is 5.56 Å². The Morgan fingerprint density at radius 3 is 2.33 bits per heavy atom. The molecule has 1 atom stereocenters. The topological polar surface area (TPSA) is 29.1 Å². The Labute approximate surface area is 137 Å². The van der Waals surface area contributed by atoms with E-state index in [1.165, 1.54) is 12.1 Å². The quantitative estimate of drug-likeness (QED) is 0.615. The predicted molar refractivity (Wildman–Crippen MR) is 88.0 cm³/mol. The highest BCUT2D eigenvalue weighted by molar-refractivity contribution is 7.81. The van der Waals surface area contributed by atoms with Gasteiger partial charge in [0.05, 0.1) is 15.3 Å². The minimum absolute atomic E-state index is 0.142. The van der Waals surface area contributed by atoms with Crippen molar-refractivity contribution in [3.8, 4) is 0 Å². The van der Waals surface area contributed by atoms with Crippen molar-refractivity contribution in [1.82, 2.24) is 0 Å². The van der Waals surface area contributed by atoms with Crippen LogP contribution in [0.3, 0.4) is 0 Å². The minimum Gasteiger partial charge on any atom is -0.325 e. The Kier molecular flexibility index (Phi) is 5.51. The van der Waals surface area contributed by atoms with Crippen LogP contribution < -0.4 is 5.32 Å². The number of hydrogen-bond donors (Lipinski definition) is 2. The third-order valence-electron chi connectivity index (χ3n) is 2.83. The van der Waals surface area contributed by atoms with Gasteiger partial charge in [-0.3, -0.25) is 4.79 Å². The van der Waals surface area contributed by atoms with Crippen LogP contribution >= 0.6 is 35.8 Å². The van der Waals surface area contributed by atoms with Crippen LogP contribution in [0.25, 0.3) is 0 Å². The fourth-order valence-electron chi connectivity index (χ4n) is 1.78. The molecule has 2 rings (SSSR count). The summed E-state index contributed by atoms with van der Waals surface area (Å²) in [6, 6.07) is 12.2. The summed E-state index contributed by atoms with van der Waals surface area (Å²) >= 11 is 15.7. The zero-order chi connectivity index (χ0) is 15.4. The summed E-state index contributed by atoms with van der Waals surface area (Å²) in [5.41, 5.74) is 1.34. The van der Waals surface area contributed by atoms with E-state index in [2.05, 4.69) is 17.9 Å². The first-order chi connectivity index (χ1) is 9.97. The van der Waals surface area contributed by atoms with E-state index in [4.69, 9.17) is 23.2 Å². The molecule has 0 heterocycles. The Morgan fingerprint density at radius 2 is 1.76 bits per heavy atom. The number of hydrogen-bond acceptors (Lipinski definition) is 2. The van der Waals surface area contributed by atoms with E-state index in [1.807, 2.05) is 30.3 Å². The number of rotatable bonds is 4. The molecule has 2 aromatic rings. The molecule has 1 N–H and O–H groups in total. The third-order valence-corrected chi connectivity index (χ3v) is 3.79. The Bertz CT molecular complexity index is 628. The lowest BCUT2D eigenvalue weighted by Crippen LogP contribution is -2.25. The van der Waals surface area contributed by atoms with E-state index in [1.54, 1.807) is 0 Å². The zero-order valence-corrected chi connectivity index (χ0v) is 13.2. The summed E-state index contributed by atoms with van der Waals surface area (Å²) < 4.78 is 13.3. The molecule has 0 saturated carbocycles. The molecule has 0 aliphatic heterocycles. The van der Waals surface area contributed by atoms with Crippen molar-refractivity contribution in [3.05, 3.63) is 63.9 Å². The van der Waals surface area contributed by atoms with Gasteiger partial charge >= 0.3 is 0 Å². The Balaban J connectivity index is 2.04. The molecule has 0 radical (unpaired) electrons. The van der Waals surface area contributed by atoms with E-state index in [9.17, 15) is 9.18 Å². The van der Waals surface area contributed by atoms with Crippen LogP contribution in [0.4, 0.5) is 10.1 Å². The molecule has 0 aliphatic rings. The van der Waals surface area contributed by atoms with E-state index >= 15 is 0 Å². The van der Waals surface area contributed by atoms with Gasteiger partial charge in [-0.2, -0.15) is 12.6 Å². The maximum atomic E-state index is 13.3. The van der Waals surface area contributed by atoms with Crippen LogP contribution in [0.2, 0.25) is 10.0 Å². The van der Waals surface area contributed by atoms with Gasteiger partial charge in [0.15, 0.2) is 5.82 Å². The summed E-state index contributed by atoms with van der Waals surface area (Å²) in [6.45, 7) is 0. The number of anilines is 1. The fourth-order valence-corrected chi connectivity index (χ4v) is 2.55. The van der Waals surface area contributed by atoms with Crippen molar-refractivity contribution in [2.75, 3.05) is 5.32 Å². The molecular formula is C15H12Cl2FNOS. The van der Waals surface area contributed by atoms with E-state index in [-0.39, 0.29) is 16.0 Å². The number of amides is 1.